The molecule has 1 aromatic rings. The zero-order valence-corrected chi connectivity index (χ0v) is 10.2. The van der Waals surface area contributed by atoms with E-state index < -0.39 is 11.6 Å². The molecule has 0 aliphatic heterocycles. The molecule has 0 saturated carbocycles. The van der Waals surface area contributed by atoms with Crippen LogP contribution < -0.4 is 5.32 Å². The van der Waals surface area contributed by atoms with Gasteiger partial charge in [0.25, 0.3) is 0 Å². The Morgan fingerprint density at radius 3 is 2.82 bits per heavy atom. The number of hydrogen-bond acceptors (Lipinski definition) is 1. The molecule has 0 heterocycles. The molecule has 17 heavy (non-hydrogen) atoms. The maximum absolute atomic E-state index is 13.5. The predicted molar refractivity (Wildman–Crippen MR) is 67.0 cm³/mol. The van der Waals surface area contributed by atoms with Gasteiger partial charge in [-0.05, 0) is 37.4 Å². The predicted octanol–water partition coefficient (Wildman–Crippen LogP) is 3.45. The van der Waals surface area contributed by atoms with Gasteiger partial charge < -0.3 is 5.32 Å². The molecule has 1 atom stereocenters. The minimum atomic E-state index is -0.782. The summed E-state index contributed by atoms with van der Waals surface area (Å²) in [5.74, 6) is -1.52. The van der Waals surface area contributed by atoms with Gasteiger partial charge in [0.1, 0.15) is 0 Å². The summed E-state index contributed by atoms with van der Waals surface area (Å²) in [4.78, 5) is 0. The second-order valence-corrected chi connectivity index (χ2v) is 4.09. The van der Waals surface area contributed by atoms with Crippen LogP contribution in [0.3, 0.4) is 0 Å². The summed E-state index contributed by atoms with van der Waals surface area (Å²) in [7, 11) is 0. The molecule has 0 saturated heterocycles. The standard InChI is InChI=1S/C14H19F2N/c1-3-6-12(17-9-4-2)10-11-7-5-8-13(15)14(11)16/h3,5,7-8,12,17H,1,4,6,9-10H2,2H3. The van der Waals surface area contributed by atoms with Crippen LogP contribution in [0.5, 0.6) is 0 Å². The van der Waals surface area contributed by atoms with Gasteiger partial charge in [0.2, 0.25) is 0 Å². The van der Waals surface area contributed by atoms with Crippen LogP contribution in [0.15, 0.2) is 30.9 Å². The molecule has 3 heteroatoms. The van der Waals surface area contributed by atoms with Crippen LogP contribution in [-0.2, 0) is 6.42 Å². The van der Waals surface area contributed by atoms with Crippen molar-refractivity contribution in [1.82, 2.24) is 5.32 Å². The zero-order chi connectivity index (χ0) is 12.7. The van der Waals surface area contributed by atoms with E-state index in [1.807, 2.05) is 0 Å². The molecule has 1 rings (SSSR count). The fraction of sp³-hybridized carbons (Fsp3) is 0.429. The normalized spacial score (nSPS) is 12.4. The van der Waals surface area contributed by atoms with Crippen LogP contribution in [0.25, 0.3) is 0 Å². The third kappa shape index (κ3) is 4.27. The van der Waals surface area contributed by atoms with Crippen LogP contribution in [0.4, 0.5) is 8.78 Å². The molecule has 0 aliphatic rings. The van der Waals surface area contributed by atoms with Crippen molar-refractivity contribution in [3.8, 4) is 0 Å². The van der Waals surface area contributed by atoms with Gasteiger partial charge in [-0.25, -0.2) is 8.78 Å². The van der Waals surface area contributed by atoms with Crippen LogP contribution in [0.2, 0.25) is 0 Å². The van der Waals surface area contributed by atoms with Gasteiger partial charge in [-0.3, -0.25) is 0 Å². The Balaban J connectivity index is 2.70. The number of hydrogen-bond donors (Lipinski definition) is 1. The highest BCUT2D eigenvalue weighted by Gasteiger charge is 2.12. The van der Waals surface area contributed by atoms with Crippen LogP contribution in [-0.4, -0.2) is 12.6 Å². The zero-order valence-electron chi connectivity index (χ0n) is 10.2. The fourth-order valence-corrected chi connectivity index (χ4v) is 1.76. The van der Waals surface area contributed by atoms with Crippen molar-refractivity contribution in [3.63, 3.8) is 0 Å². The molecule has 0 fully saturated rings. The second kappa shape index (κ2) is 7.17. The number of benzene rings is 1. The Bertz CT molecular complexity index is 363. The van der Waals surface area contributed by atoms with Gasteiger partial charge in [-0.15, -0.1) is 6.58 Å². The van der Waals surface area contributed by atoms with Gasteiger partial charge in [0.15, 0.2) is 11.6 Å². The number of halogens is 2. The Kier molecular flexibility index (Phi) is 5.84. The van der Waals surface area contributed by atoms with E-state index in [-0.39, 0.29) is 6.04 Å². The van der Waals surface area contributed by atoms with Crippen molar-refractivity contribution < 1.29 is 8.78 Å². The third-order valence-electron chi connectivity index (χ3n) is 2.63. The van der Waals surface area contributed by atoms with E-state index in [9.17, 15) is 8.78 Å². The Morgan fingerprint density at radius 2 is 2.18 bits per heavy atom. The molecular weight excluding hydrogens is 220 g/mol. The summed E-state index contributed by atoms with van der Waals surface area (Å²) in [5, 5.41) is 3.31. The molecule has 0 spiro atoms. The van der Waals surface area contributed by atoms with Gasteiger partial charge in [0, 0.05) is 6.04 Å². The second-order valence-electron chi connectivity index (χ2n) is 4.09. The third-order valence-corrected chi connectivity index (χ3v) is 2.63. The van der Waals surface area contributed by atoms with Crippen LogP contribution in [0.1, 0.15) is 25.3 Å². The lowest BCUT2D eigenvalue weighted by Crippen LogP contribution is -2.31. The molecule has 0 radical (unpaired) electrons. The van der Waals surface area contributed by atoms with Gasteiger partial charge in [0.05, 0.1) is 0 Å². The Morgan fingerprint density at radius 1 is 1.41 bits per heavy atom. The van der Waals surface area contributed by atoms with Crippen LogP contribution in [0, 0.1) is 11.6 Å². The quantitative estimate of drug-likeness (QED) is 0.719. The van der Waals surface area contributed by atoms with Crippen molar-refractivity contribution in [2.75, 3.05) is 6.54 Å². The summed E-state index contributed by atoms with van der Waals surface area (Å²) < 4.78 is 26.5. The smallest absolute Gasteiger partial charge is 0.162 e. The first-order chi connectivity index (χ1) is 8.19. The van der Waals surface area contributed by atoms with Crippen molar-refractivity contribution >= 4 is 0 Å². The van der Waals surface area contributed by atoms with E-state index in [2.05, 4.69) is 18.8 Å². The topological polar surface area (TPSA) is 12.0 Å². The molecule has 1 nitrogen and oxygen atoms in total. The maximum atomic E-state index is 13.5. The van der Waals surface area contributed by atoms with Gasteiger partial charge in [-0.2, -0.15) is 0 Å². The van der Waals surface area contributed by atoms with Crippen molar-refractivity contribution in [1.29, 1.82) is 0 Å². The van der Waals surface area contributed by atoms with E-state index >= 15 is 0 Å². The van der Waals surface area contributed by atoms with E-state index in [0.29, 0.717) is 12.0 Å². The Hall–Kier alpha value is -1.22. The molecule has 0 amide bonds. The van der Waals surface area contributed by atoms with Gasteiger partial charge >= 0.3 is 0 Å². The van der Waals surface area contributed by atoms with E-state index in [4.69, 9.17) is 0 Å². The molecule has 1 aromatic carbocycles. The Labute approximate surface area is 102 Å². The summed E-state index contributed by atoms with van der Waals surface area (Å²) >= 11 is 0. The van der Waals surface area contributed by atoms with Crippen molar-refractivity contribution in [2.45, 2.75) is 32.2 Å². The highest BCUT2D eigenvalue weighted by Crippen LogP contribution is 2.14. The van der Waals surface area contributed by atoms with Gasteiger partial charge in [-0.1, -0.05) is 25.1 Å². The molecule has 0 bridgehead atoms. The fourth-order valence-electron chi connectivity index (χ4n) is 1.76. The largest absolute Gasteiger partial charge is 0.313 e. The molecule has 0 aliphatic carbocycles. The minimum absolute atomic E-state index is 0.115. The minimum Gasteiger partial charge on any atom is -0.313 e. The highest BCUT2D eigenvalue weighted by atomic mass is 19.2. The maximum Gasteiger partial charge on any atom is 0.162 e. The monoisotopic (exact) mass is 239 g/mol. The van der Waals surface area contributed by atoms with Crippen molar-refractivity contribution in [3.05, 3.63) is 48.1 Å². The lowest BCUT2D eigenvalue weighted by Gasteiger charge is -2.17. The number of nitrogens with one attached hydrogen (secondary N) is 1. The molecule has 1 unspecified atom stereocenters. The van der Waals surface area contributed by atoms with E-state index in [1.54, 1.807) is 18.2 Å². The van der Waals surface area contributed by atoms with Crippen LogP contribution >= 0.6 is 0 Å². The first-order valence-corrected chi connectivity index (χ1v) is 5.96. The van der Waals surface area contributed by atoms with E-state index in [0.717, 1.165) is 25.5 Å². The average molecular weight is 239 g/mol. The lowest BCUT2D eigenvalue weighted by atomic mass is 10.0. The number of rotatable bonds is 7. The molecular formula is C14H19F2N. The summed E-state index contributed by atoms with van der Waals surface area (Å²) in [6.45, 7) is 6.62. The molecule has 1 N–H and O–H groups in total. The molecule has 94 valence electrons. The highest BCUT2D eigenvalue weighted by molar-refractivity contribution is 5.20. The van der Waals surface area contributed by atoms with Crippen molar-refractivity contribution in [2.24, 2.45) is 0 Å². The first kappa shape index (κ1) is 13.8. The lowest BCUT2D eigenvalue weighted by molar-refractivity contribution is 0.471. The SMILES string of the molecule is C=CCC(Cc1cccc(F)c1F)NCCC. The summed E-state index contributed by atoms with van der Waals surface area (Å²) in [5.41, 5.74) is 0.417. The molecule has 0 aromatic heterocycles. The first-order valence-electron chi connectivity index (χ1n) is 5.96. The summed E-state index contributed by atoms with van der Waals surface area (Å²) in [6, 6.07) is 4.42. The summed E-state index contributed by atoms with van der Waals surface area (Å²) in [6.07, 6.45) is 4.04. The van der Waals surface area contributed by atoms with E-state index in [1.165, 1.54) is 0 Å². The average Bonchev–Trinajstić information content (AvgIpc) is 2.32.